The van der Waals surface area contributed by atoms with Crippen LogP contribution in [0.5, 0.6) is 5.75 Å². The fourth-order valence-corrected chi connectivity index (χ4v) is 6.44. The highest BCUT2D eigenvalue weighted by Crippen LogP contribution is 2.38. The monoisotopic (exact) mass is 501 g/mol. The molecule has 0 spiro atoms. The van der Waals surface area contributed by atoms with Crippen LogP contribution < -0.4 is 10.1 Å². The van der Waals surface area contributed by atoms with Crippen LogP contribution in [-0.2, 0) is 15.9 Å². The molecule has 3 aliphatic rings. The third kappa shape index (κ3) is 5.04. The van der Waals surface area contributed by atoms with E-state index in [1.165, 1.54) is 18.4 Å². The summed E-state index contributed by atoms with van der Waals surface area (Å²) < 4.78 is 16.7. The maximum atomic E-state index is 11.4. The van der Waals surface area contributed by atoms with Gasteiger partial charge in [0.05, 0.1) is 19.3 Å². The highest BCUT2D eigenvalue weighted by molar-refractivity contribution is 5.87. The molecule has 2 N–H and O–H groups in total. The second-order valence-electron chi connectivity index (χ2n) is 10.4. The van der Waals surface area contributed by atoms with Crippen molar-refractivity contribution in [2.24, 2.45) is 0 Å². The van der Waals surface area contributed by atoms with Crippen LogP contribution in [0.2, 0.25) is 0 Å². The molecule has 4 atom stereocenters. The number of hydrogen-bond acceptors (Lipinski definition) is 7. The van der Waals surface area contributed by atoms with Crippen LogP contribution in [0.15, 0.2) is 72.8 Å². The summed E-state index contributed by atoms with van der Waals surface area (Å²) in [5, 5.41) is 16.2. The Balaban J connectivity index is 1.14. The first kappa shape index (κ1) is 24.2. The topological polar surface area (TPSA) is 76.1 Å². The maximum absolute atomic E-state index is 11.4. The lowest BCUT2D eigenvalue weighted by molar-refractivity contribution is 0.0474. The number of benzene rings is 2. The van der Waals surface area contributed by atoms with Crippen molar-refractivity contribution in [1.82, 2.24) is 15.2 Å². The summed E-state index contributed by atoms with van der Waals surface area (Å²) in [5.41, 5.74) is 2.99. The molecule has 0 amide bonds. The molecule has 4 heterocycles. The van der Waals surface area contributed by atoms with E-state index in [1.807, 2.05) is 30.3 Å². The van der Waals surface area contributed by atoms with E-state index in [1.54, 1.807) is 19.6 Å². The number of nitrogens with zero attached hydrogens (tertiary/aromatic N) is 2. The lowest BCUT2D eigenvalue weighted by Crippen LogP contribution is -2.52. The Morgan fingerprint density at radius 3 is 2.62 bits per heavy atom. The molecule has 0 radical (unpaired) electrons. The molecular formula is C30H35N3O4. The van der Waals surface area contributed by atoms with Gasteiger partial charge in [-0.05, 0) is 55.4 Å². The minimum Gasteiger partial charge on any atom is -0.494 e. The van der Waals surface area contributed by atoms with Gasteiger partial charge >= 0.3 is 0 Å². The smallest absolute Gasteiger partial charge is 0.229 e. The Labute approximate surface area is 218 Å². The zero-order valence-electron chi connectivity index (χ0n) is 21.3. The van der Waals surface area contributed by atoms with Crippen molar-refractivity contribution in [2.75, 3.05) is 20.4 Å². The fourth-order valence-electron chi connectivity index (χ4n) is 6.44. The van der Waals surface area contributed by atoms with Crippen LogP contribution in [0, 0.1) is 0 Å². The van der Waals surface area contributed by atoms with E-state index < -0.39 is 6.10 Å². The molecule has 4 unspecified atom stereocenters. The first-order valence-corrected chi connectivity index (χ1v) is 13.3. The van der Waals surface area contributed by atoms with Crippen molar-refractivity contribution >= 4 is 10.9 Å². The summed E-state index contributed by atoms with van der Waals surface area (Å²) in [4.78, 5) is 7.04. The van der Waals surface area contributed by atoms with Crippen molar-refractivity contribution in [3.63, 3.8) is 0 Å². The van der Waals surface area contributed by atoms with E-state index in [9.17, 15) is 5.11 Å². The lowest BCUT2D eigenvalue weighted by Gasteiger charge is -2.41. The second-order valence-corrected chi connectivity index (χ2v) is 10.4. The standard InChI is InChI=1S/C30H35N3O4/c1-35-28-9-5-8-25-24(12-13-31-30(25)28)27(34)17-33-22-10-11-23(33)16-21(15-22)32-26(29-18-36-19-37-29)14-20-6-3-2-4-7-20/h2-9,12-13,18,21-23,26-27,32,34H,10-11,14-17,19H2,1H3. The normalized spacial score (nSPS) is 24.8. The second kappa shape index (κ2) is 10.7. The zero-order chi connectivity index (χ0) is 25.2. The van der Waals surface area contributed by atoms with Crippen LogP contribution in [0.1, 0.15) is 42.9 Å². The Morgan fingerprint density at radius 1 is 1.08 bits per heavy atom. The Bertz CT molecular complexity index is 1240. The third-order valence-electron chi connectivity index (χ3n) is 8.17. The highest BCUT2D eigenvalue weighted by Gasteiger charge is 2.42. The molecule has 0 aliphatic carbocycles. The summed E-state index contributed by atoms with van der Waals surface area (Å²) in [6.07, 6.45) is 8.28. The summed E-state index contributed by atoms with van der Waals surface area (Å²) in [5.74, 6) is 1.62. The highest BCUT2D eigenvalue weighted by atomic mass is 16.7. The number of pyridine rings is 1. The summed E-state index contributed by atoms with van der Waals surface area (Å²) >= 11 is 0. The van der Waals surface area contributed by atoms with Gasteiger partial charge in [-0.15, -0.1) is 0 Å². The number of piperidine rings is 1. The molecule has 194 valence electrons. The minimum absolute atomic E-state index is 0.0876. The number of rotatable bonds is 9. The quantitative estimate of drug-likeness (QED) is 0.452. The molecule has 6 rings (SSSR count). The average molecular weight is 502 g/mol. The van der Waals surface area contributed by atoms with Gasteiger partial charge in [0.2, 0.25) is 6.79 Å². The molecule has 3 aromatic rings. The van der Waals surface area contributed by atoms with Gasteiger partial charge in [0.25, 0.3) is 0 Å². The molecule has 37 heavy (non-hydrogen) atoms. The molecule has 7 nitrogen and oxygen atoms in total. The fraction of sp³-hybridized carbons (Fsp3) is 0.433. The van der Waals surface area contributed by atoms with Gasteiger partial charge in [0, 0.05) is 36.3 Å². The molecule has 2 aromatic carbocycles. The van der Waals surface area contributed by atoms with E-state index in [4.69, 9.17) is 14.2 Å². The number of aliphatic hydroxyl groups is 1. The first-order valence-electron chi connectivity index (χ1n) is 13.3. The van der Waals surface area contributed by atoms with Crippen molar-refractivity contribution in [2.45, 2.75) is 62.4 Å². The first-order chi connectivity index (χ1) is 18.2. The van der Waals surface area contributed by atoms with Gasteiger partial charge in [-0.25, -0.2) is 0 Å². The van der Waals surface area contributed by atoms with E-state index in [0.717, 1.165) is 47.2 Å². The van der Waals surface area contributed by atoms with Gasteiger partial charge in [0.1, 0.15) is 17.5 Å². The Morgan fingerprint density at radius 2 is 1.89 bits per heavy atom. The minimum atomic E-state index is -0.578. The SMILES string of the molecule is COc1cccc2c(C(O)CN3C4CCC3CC(NC(Cc3ccccc3)C3=COCO3)C4)ccnc12. The van der Waals surface area contributed by atoms with E-state index in [2.05, 4.69) is 39.5 Å². The van der Waals surface area contributed by atoms with Gasteiger partial charge in [-0.1, -0.05) is 42.5 Å². The molecular weight excluding hydrogens is 466 g/mol. The van der Waals surface area contributed by atoms with E-state index in [-0.39, 0.29) is 6.04 Å². The largest absolute Gasteiger partial charge is 0.494 e. The molecule has 2 fully saturated rings. The number of aliphatic hydroxyl groups excluding tert-OH is 1. The van der Waals surface area contributed by atoms with Crippen LogP contribution in [0.25, 0.3) is 10.9 Å². The number of para-hydroxylation sites is 1. The van der Waals surface area contributed by atoms with Crippen molar-refractivity contribution in [1.29, 1.82) is 0 Å². The summed E-state index contributed by atoms with van der Waals surface area (Å²) in [6, 6.07) is 19.8. The van der Waals surface area contributed by atoms with Gasteiger partial charge in [0.15, 0.2) is 5.76 Å². The summed E-state index contributed by atoms with van der Waals surface area (Å²) in [7, 11) is 1.66. The molecule has 3 aliphatic heterocycles. The molecule has 7 heteroatoms. The number of ether oxygens (including phenoxy) is 3. The lowest BCUT2D eigenvalue weighted by atomic mass is 9.94. The Kier molecular flexibility index (Phi) is 7.00. The van der Waals surface area contributed by atoms with Crippen LogP contribution in [-0.4, -0.2) is 59.6 Å². The number of fused-ring (bicyclic) bond motifs is 3. The molecule has 2 bridgehead atoms. The van der Waals surface area contributed by atoms with Crippen molar-refractivity contribution < 1.29 is 19.3 Å². The van der Waals surface area contributed by atoms with Crippen molar-refractivity contribution in [3.05, 3.63) is 83.9 Å². The van der Waals surface area contributed by atoms with Gasteiger partial charge in [-0.2, -0.15) is 0 Å². The average Bonchev–Trinajstić information content (AvgIpc) is 3.54. The van der Waals surface area contributed by atoms with E-state index in [0.29, 0.717) is 31.5 Å². The number of hydrogen-bond donors (Lipinski definition) is 2. The van der Waals surface area contributed by atoms with Crippen LogP contribution >= 0.6 is 0 Å². The number of methoxy groups -OCH3 is 1. The van der Waals surface area contributed by atoms with Crippen molar-refractivity contribution in [3.8, 4) is 5.75 Å². The molecule has 0 saturated carbocycles. The third-order valence-corrected chi connectivity index (χ3v) is 8.17. The van der Waals surface area contributed by atoms with Crippen LogP contribution in [0.3, 0.4) is 0 Å². The van der Waals surface area contributed by atoms with Gasteiger partial charge < -0.3 is 24.6 Å². The molecule has 1 aromatic heterocycles. The molecule has 2 saturated heterocycles. The zero-order valence-corrected chi connectivity index (χ0v) is 21.3. The van der Waals surface area contributed by atoms with E-state index >= 15 is 0 Å². The number of nitrogens with one attached hydrogen (secondary N) is 1. The van der Waals surface area contributed by atoms with Gasteiger partial charge in [-0.3, -0.25) is 9.88 Å². The predicted octanol–water partition coefficient (Wildman–Crippen LogP) is 4.32. The van der Waals surface area contributed by atoms with Crippen LogP contribution in [0.4, 0.5) is 0 Å². The predicted molar refractivity (Wildman–Crippen MR) is 142 cm³/mol. The number of aromatic nitrogens is 1. The maximum Gasteiger partial charge on any atom is 0.229 e. The summed E-state index contributed by atoms with van der Waals surface area (Å²) in [6.45, 7) is 0.924. The Hall–Kier alpha value is -3.13.